The molecule has 1 heterocycles. The van der Waals surface area contributed by atoms with Gasteiger partial charge in [-0.3, -0.25) is 0 Å². The van der Waals surface area contributed by atoms with Crippen molar-refractivity contribution in [3.05, 3.63) is 5.01 Å². The van der Waals surface area contributed by atoms with E-state index in [0.717, 1.165) is 18.0 Å². The van der Waals surface area contributed by atoms with Crippen LogP contribution in [0.4, 0.5) is 5.13 Å². The number of aromatic nitrogens is 2. The van der Waals surface area contributed by atoms with Gasteiger partial charge in [-0.05, 0) is 25.3 Å². The second-order valence-electron chi connectivity index (χ2n) is 4.97. The fourth-order valence-electron chi connectivity index (χ4n) is 1.17. The minimum absolute atomic E-state index is 0.238. The molecule has 4 nitrogen and oxygen atoms in total. The molecule has 86 valence electrons. The maximum Gasteiger partial charge on any atom is 0.203 e. The Hall–Kier alpha value is -0.680. The molecule has 0 amide bonds. The van der Waals surface area contributed by atoms with Crippen LogP contribution in [-0.4, -0.2) is 16.7 Å². The van der Waals surface area contributed by atoms with Gasteiger partial charge in [0.2, 0.25) is 5.13 Å². The third-order valence-electron chi connectivity index (χ3n) is 2.15. The molecular formula is C10H20N4S. The van der Waals surface area contributed by atoms with Crippen molar-refractivity contribution in [1.82, 2.24) is 15.5 Å². The van der Waals surface area contributed by atoms with Crippen molar-refractivity contribution in [3.8, 4) is 0 Å². The number of nitrogens with two attached hydrogens (primary N) is 1. The second kappa shape index (κ2) is 4.90. The van der Waals surface area contributed by atoms with Crippen LogP contribution < -0.4 is 11.1 Å². The largest absolute Gasteiger partial charge is 0.374 e. The molecule has 1 atom stereocenters. The molecule has 1 aromatic rings. The summed E-state index contributed by atoms with van der Waals surface area (Å²) in [5, 5.41) is 12.7. The summed E-state index contributed by atoms with van der Waals surface area (Å²) in [6, 6.07) is 0.238. The van der Waals surface area contributed by atoms with Crippen LogP contribution in [-0.2, 0) is 0 Å². The zero-order valence-electron chi connectivity index (χ0n) is 9.87. The fourth-order valence-corrected chi connectivity index (χ4v) is 1.81. The highest BCUT2D eigenvalue weighted by Crippen LogP contribution is 2.21. The summed E-state index contributed by atoms with van der Waals surface area (Å²) in [6.07, 6.45) is 1.14. The summed E-state index contributed by atoms with van der Waals surface area (Å²) in [6.45, 7) is 9.79. The monoisotopic (exact) mass is 228 g/mol. The molecule has 15 heavy (non-hydrogen) atoms. The van der Waals surface area contributed by atoms with E-state index in [1.165, 1.54) is 11.3 Å². The average Bonchev–Trinajstić information content (AvgIpc) is 2.49. The molecule has 0 aromatic carbocycles. The Morgan fingerprint density at radius 1 is 1.40 bits per heavy atom. The first-order valence-electron chi connectivity index (χ1n) is 5.21. The fraction of sp³-hybridized carbons (Fsp3) is 0.800. The predicted octanol–water partition coefficient (Wildman–Crippen LogP) is 2.21. The van der Waals surface area contributed by atoms with Gasteiger partial charge in [0.05, 0.1) is 6.04 Å². The molecule has 1 unspecified atom stereocenters. The summed E-state index contributed by atoms with van der Waals surface area (Å²) in [4.78, 5) is 0. The Kier molecular flexibility index (Phi) is 4.04. The maximum absolute atomic E-state index is 5.53. The molecule has 0 aliphatic carbocycles. The van der Waals surface area contributed by atoms with Gasteiger partial charge in [0.1, 0.15) is 5.01 Å². The molecule has 0 fully saturated rings. The highest BCUT2D eigenvalue weighted by molar-refractivity contribution is 7.15. The summed E-state index contributed by atoms with van der Waals surface area (Å²) in [5.41, 5.74) is 5.90. The Labute approximate surface area is 95.3 Å². The van der Waals surface area contributed by atoms with Gasteiger partial charge in [0.15, 0.2) is 0 Å². The van der Waals surface area contributed by atoms with E-state index in [9.17, 15) is 0 Å². The van der Waals surface area contributed by atoms with E-state index >= 15 is 0 Å². The van der Waals surface area contributed by atoms with Crippen molar-refractivity contribution < 1.29 is 0 Å². The number of anilines is 1. The number of rotatable bonds is 4. The Morgan fingerprint density at radius 3 is 2.53 bits per heavy atom. The van der Waals surface area contributed by atoms with Gasteiger partial charge >= 0.3 is 0 Å². The van der Waals surface area contributed by atoms with Gasteiger partial charge < -0.3 is 11.1 Å². The summed E-state index contributed by atoms with van der Waals surface area (Å²) >= 11 is 1.45. The summed E-state index contributed by atoms with van der Waals surface area (Å²) in [7, 11) is 0. The van der Waals surface area contributed by atoms with Gasteiger partial charge in [-0.25, -0.2) is 0 Å². The van der Waals surface area contributed by atoms with Crippen LogP contribution in [0.2, 0.25) is 0 Å². The summed E-state index contributed by atoms with van der Waals surface area (Å²) in [5.74, 6) is 0. The van der Waals surface area contributed by atoms with Crippen LogP contribution in [0.1, 0.15) is 45.2 Å². The maximum atomic E-state index is 5.53. The number of nitrogens with one attached hydrogen (secondary N) is 1. The van der Waals surface area contributed by atoms with Gasteiger partial charge in [-0.1, -0.05) is 32.1 Å². The van der Waals surface area contributed by atoms with Gasteiger partial charge in [-0.15, -0.1) is 10.2 Å². The standard InChI is InChI=1S/C10H20N4S/c1-7(8-13-14-9(11)15-8)12-6-5-10(2,3)4/h7,12H,5-6H2,1-4H3,(H2,11,14). The number of hydrogen-bond acceptors (Lipinski definition) is 5. The molecule has 5 heteroatoms. The highest BCUT2D eigenvalue weighted by Gasteiger charge is 2.13. The molecule has 0 radical (unpaired) electrons. The van der Waals surface area contributed by atoms with E-state index in [1.54, 1.807) is 0 Å². The lowest BCUT2D eigenvalue weighted by Gasteiger charge is -2.19. The Morgan fingerprint density at radius 2 is 2.07 bits per heavy atom. The predicted molar refractivity (Wildman–Crippen MR) is 64.8 cm³/mol. The lowest BCUT2D eigenvalue weighted by Crippen LogP contribution is -2.23. The Bertz CT molecular complexity index is 303. The quantitative estimate of drug-likeness (QED) is 0.829. The minimum Gasteiger partial charge on any atom is -0.374 e. The van der Waals surface area contributed by atoms with Crippen molar-refractivity contribution >= 4 is 16.5 Å². The molecule has 0 saturated heterocycles. The zero-order valence-corrected chi connectivity index (χ0v) is 10.7. The SMILES string of the molecule is CC(NCCC(C)(C)C)c1nnc(N)s1. The first-order valence-corrected chi connectivity index (χ1v) is 6.02. The van der Waals surface area contributed by atoms with Gasteiger partial charge in [0.25, 0.3) is 0 Å². The van der Waals surface area contributed by atoms with Crippen LogP contribution in [0.5, 0.6) is 0 Å². The third-order valence-corrected chi connectivity index (χ3v) is 3.09. The van der Waals surface area contributed by atoms with E-state index < -0.39 is 0 Å². The van der Waals surface area contributed by atoms with Crippen LogP contribution in [0, 0.1) is 5.41 Å². The minimum atomic E-state index is 0.238. The van der Waals surface area contributed by atoms with E-state index in [2.05, 4.69) is 43.2 Å². The topological polar surface area (TPSA) is 63.8 Å². The molecule has 3 N–H and O–H groups in total. The molecule has 0 aliphatic heterocycles. The molecular weight excluding hydrogens is 208 g/mol. The highest BCUT2D eigenvalue weighted by atomic mass is 32.1. The van der Waals surface area contributed by atoms with Crippen molar-refractivity contribution in [2.75, 3.05) is 12.3 Å². The zero-order chi connectivity index (χ0) is 11.5. The van der Waals surface area contributed by atoms with Crippen LogP contribution >= 0.6 is 11.3 Å². The molecule has 0 aliphatic rings. The molecule has 0 spiro atoms. The smallest absolute Gasteiger partial charge is 0.203 e. The molecule has 0 bridgehead atoms. The van der Waals surface area contributed by atoms with E-state index in [4.69, 9.17) is 5.73 Å². The average molecular weight is 228 g/mol. The normalized spacial score (nSPS) is 14.1. The van der Waals surface area contributed by atoms with Gasteiger partial charge in [-0.2, -0.15) is 0 Å². The number of nitrogen functional groups attached to an aromatic ring is 1. The molecule has 0 saturated carbocycles. The molecule has 1 rings (SSSR count). The lowest BCUT2D eigenvalue weighted by atomic mass is 9.92. The number of hydrogen-bond donors (Lipinski definition) is 2. The summed E-state index contributed by atoms with van der Waals surface area (Å²) < 4.78 is 0. The van der Waals surface area contributed by atoms with Crippen molar-refractivity contribution in [2.24, 2.45) is 5.41 Å². The first kappa shape index (κ1) is 12.4. The van der Waals surface area contributed by atoms with Crippen LogP contribution in [0.25, 0.3) is 0 Å². The van der Waals surface area contributed by atoms with E-state index in [1.807, 2.05) is 0 Å². The van der Waals surface area contributed by atoms with E-state index in [0.29, 0.717) is 10.5 Å². The lowest BCUT2D eigenvalue weighted by molar-refractivity contribution is 0.357. The van der Waals surface area contributed by atoms with Crippen LogP contribution in [0.3, 0.4) is 0 Å². The van der Waals surface area contributed by atoms with Crippen molar-refractivity contribution in [1.29, 1.82) is 0 Å². The second-order valence-corrected chi connectivity index (χ2v) is 6.01. The van der Waals surface area contributed by atoms with Crippen molar-refractivity contribution in [2.45, 2.75) is 40.2 Å². The third kappa shape index (κ3) is 4.57. The van der Waals surface area contributed by atoms with Gasteiger partial charge in [0, 0.05) is 0 Å². The van der Waals surface area contributed by atoms with Crippen molar-refractivity contribution in [3.63, 3.8) is 0 Å². The molecule has 1 aromatic heterocycles. The van der Waals surface area contributed by atoms with E-state index in [-0.39, 0.29) is 6.04 Å². The van der Waals surface area contributed by atoms with Crippen LogP contribution in [0.15, 0.2) is 0 Å². The number of nitrogens with zero attached hydrogens (tertiary/aromatic N) is 2. The first-order chi connectivity index (χ1) is 6.88. The Balaban J connectivity index is 2.34.